The third-order valence-electron chi connectivity index (χ3n) is 2.62. The van der Waals surface area contributed by atoms with E-state index >= 15 is 0 Å². The van der Waals surface area contributed by atoms with E-state index in [9.17, 15) is 9.59 Å². The molecule has 0 saturated heterocycles. The number of nitrogens with one attached hydrogen (secondary N) is 1. The zero-order chi connectivity index (χ0) is 13.5. The van der Waals surface area contributed by atoms with E-state index in [2.05, 4.69) is 5.32 Å². The van der Waals surface area contributed by atoms with Crippen molar-refractivity contribution in [3.63, 3.8) is 0 Å². The van der Waals surface area contributed by atoms with Crippen LogP contribution in [0, 0.1) is 0 Å². The highest BCUT2D eigenvalue weighted by Crippen LogP contribution is 2.05. The molecule has 98 valence electrons. The van der Waals surface area contributed by atoms with Crippen LogP contribution in [0.25, 0.3) is 0 Å². The van der Waals surface area contributed by atoms with Crippen molar-refractivity contribution in [1.29, 1.82) is 0 Å². The topological polar surface area (TPSA) is 92.4 Å². The van der Waals surface area contributed by atoms with Crippen LogP contribution >= 0.6 is 0 Å². The maximum atomic E-state index is 11.8. The van der Waals surface area contributed by atoms with E-state index in [-0.39, 0.29) is 18.4 Å². The van der Waals surface area contributed by atoms with Crippen molar-refractivity contribution in [3.8, 4) is 0 Å². The number of rotatable bonds is 6. The first kappa shape index (κ1) is 14.2. The molecule has 1 rings (SSSR count). The van der Waals surface area contributed by atoms with Gasteiger partial charge in [-0.15, -0.1) is 0 Å². The molecule has 0 bridgehead atoms. The van der Waals surface area contributed by atoms with Crippen molar-refractivity contribution in [3.05, 3.63) is 35.4 Å². The largest absolute Gasteiger partial charge is 0.481 e. The molecule has 0 fully saturated rings. The van der Waals surface area contributed by atoms with Gasteiger partial charge in [0.25, 0.3) is 5.91 Å². The summed E-state index contributed by atoms with van der Waals surface area (Å²) < 4.78 is 0. The predicted molar refractivity (Wildman–Crippen MR) is 68.1 cm³/mol. The van der Waals surface area contributed by atoms with Crippen LogP contribution < -0.4 is 11.1 Å². The normalized spacial score (nSPS) is 11.9. The number of nitrogens with two attached hydrogens (primary N) is 1. The lowest BCUT2D eigenvalue weighted by Crippen LogP contribution is -2.32. The Labute approximate surface area is 106 Å². The molecule has 0 aliphatic rings. The number of carboxylic acid groups (broad SMARTS) is 1. The van der Waals surface area contributed by atoms with Gasteiger partial charge in [0.15, 0.2) is 0 Å². The smallest absolute Gasteiger partial charge is 0.303 e. The molecule has 5 heteroatoms. The van der Waals surface area contributed by atoms with E-state index in [1.165, 1.54) is 0 Å². The van der Waals surface area contributed by atoms with Crippen molar-refractivity contribution in [2.45, 2.75) is 32.4 Å². The van der Waals surface area contributed by atoms with Gasteiger partial charge in [0.1, 0.15) is 0 Å². The number of aliphatic carboxylic acids is 1. The van der Waals surface area contributed by atoms with Crippen LogP contribution in [0.2, 0.25) is 0 Å². The van der Waals surface area contributed by atoms with Crippen molar-refractivity contribution in [1.82, 2.24) is 5.32 Å². The summed E-state index contributed by atoms with van der Waals surface area (Å²) >= 11 is 0. The SMILES string of the molecule is CC(CCC(=O)O)NC(=O)c1ccc(CN)cc1. The van der Waals surface area contributed by atoms with Gasteiger partial charge in [0.2, 0.25) is 0 Å². The second-order valence-electron chi connectivity index (χ2n) is 4.21. The quantitative estimate of drug-likeness (QED) is 0.705. The summed E-state index contributed by atoms with van der Waals surface area (Å²) in [6, 6.07) is 6.86. The molecule has 0 spiro atoms. The fourth-order valence-corrected chi connectivity index (χ4v) is 1.51. The highest BCUT2D eigenvalue weighted by atomic mass is 16.4. The molecule has 1 atom stereocenters. The van der Waals surface area contributed by atoms with Crippen molar-refractivity contribution in [2.75, 3.05) is 0 Å². The molecular weight excluding hydrogens is 232 g/mol. The number of carboxylic acids is 1. The maximum Gasteiger partial charge on any atom is 0.303 e. The molecular formula is C13H18N2O3. The van der Waals surface area contributed by atoms with Crippen molar-refractivity contribution in [2.24, 2.45) is 5.73 Å². The maximum absolute atomic E-state index is 11.8. The lowest BCUT2D eigenvalue weighted by Gasteiger charge is -2.12. The molecule has 18 heavy (non-hydrogen) atoms. The van der Waals surface area contributed by atoms with Gasteiger partial charge in [-0.05, 0) is 31.0 Å². The number of carbonyl (C=O) groups excluding carboxylic acids is 1. The second-order valence-corrected chi connectivity index (χ2v) is 4.21. The minimum atomic E-state index is -0.858. The van der Waals surface area contributed by atoms with Gasteiger partial charge in [-0.25, -0.2) is 0 Å². The number of hydrogen-bond acceptors (Lipinski definition) is 3. The number of amides is 1. The number of hydrogen-bond donors (Lipinski definition) is 3. The first-order chi connectivity index (χ1) is 8.52. The first-order valence-corrected chi connectivity index (χ1v) is 5.84. The monoisotopic (exact) mass is 250 g/mol. The molecule has 1 amide bonds. The molecule has 1 aromatic rings. The third-order valence-corrected chi connectivity index (χ3v) is 2.62. The summed E-state index contributed by atoms with van der Waals surface area (Å²) in [6.07, 6.45) is 0.468. The number of benzene rings is 1. The van der Waals surface area contributed by atoms with Gasteiger partial charge in [0.05, 0.1) is 0 Å². The summed E-state index contributed by atoms with van der Waals surface area (Å²) in [5.41, 5.74) is 6.98. The molecule has 1 unspecified atom stereocenters. The Morgan fingerprint density at radius 3 is 2.44 bits per heavy atom. The fourth-order valence-electron chi connectivity index (χ4n) is 1.51. The van der Waals surface area contributed by atoms with E-state index in [4.69, 9.17) is 10.8 Å². The van der Waals surface area contributed by atoms with Gasteiger partial charge >= 0.3 is 5.97 Å². The van der Waals surface area contributed by atoms with Gasteiger partial charge in [0, 0.05) is 24.6 Å². The Morgan fingerprint density at radius 2 is 1.94 bits per heavy atom. The van der Waals surface area contributed by atoms with Gasteiger partial charge < -0.3 is 16.2 Å². The Hall–Kier alpha value is -1.88. The van der Waals surface area contributed by atoms with E-state index in [0.717, 1.165) is 5.56 Å². The lowest BCUT2D eigenvalue weighted by atomic mass is 10.1. The van der Waals surface area contributed by atoms with Gasteiger partial charge in [-0.1, -0.05) is 12.1 Å². The summed E-state index contributed by atoms with van der Waals surface area (Å²) in [6.45, 7) is 2.23. The number of carbonyl (C=O) groups is 2. The van der Waals surface area contributed by atoms with Crippen LogP contribution in [-0.2, 0) is 11.3 Å². The Morgan fingerprint density at radius 1 is 1.33 bits per heavy atom. The zero-order valence-electron chi connectivity index (χ0n) is 10.3. The highest BCUT2D eigenvalue weighted by molar-refractivity contribution is 5.94. The van der Waals surface area contributed by atoms with Crippen LogP contribution in [0.4, 0.5) is 0 Å². The third kappa shape index (κ3) is 4.55. The molecule has 0 radical (unpaired) electrons. The van der Waals surface area contributed by atoms with Gasteiger partial charge in [-0.2, -0.15) is 0 Å². The van der Waals surface area contributed by atoms with Gasteiger partial charge in [-0.3, -0.25) is 9.59 Å². The molecule has 0 aliphatic heterocycles. The second kappa shape index (κ2) is 6.76. The Bertz CT molecular complexity index is 415. The van der Waals surface area contributed by atoms with Crippen LogP contribution in [0.5, 0.6) is 0 Å². The minimum absolute atomic E-state index is 0.0492. The Balaban J connectivity index is 2.50. The van der Waals surface area contributed by atoms with Crippen molar-refractivity contribution >= 4 is 11.9 Å². The van der Waals surface area contributed by atoms with E-state index in [1.54, 1.807) is 31.2 Å². The average molecular weight is 250 g/mol. The lowest BCUT2D eigenvalue weighted by molar-refractivity contribution is -0.137. The van der Waals surface area contributed by atoms with E-state index in [0.29, 0.717) is 18.5 Å². The molecule has 5 nitrogen and oxygen atoms in total. The summed E-state index contributed by atoms with van der Waals surface area (Å²) in [5, 5.41) is 11.3. The standard InChI is InChI=1S/C13H18N2O3/c1-9(2-7-12(16)17)15-13(18)11-5-3-10(8-14)4-6-11/h3-6,9H,2,7-8,14H2,1H3,(H,15,18)(H,16,17). The zero-order valence-corrected chi connectivity index (χ0v) is 10.3. The summed E-state index contributed by atoms with van der Waals surface area (Å²) in [4.78, 5) is 22.2. The van der Waals surface area contributed by atoms with E-state index < -0.39 is 5.97 Å². The minimum Gasteiger partial charge on any atom is -0.481 e. The predicted octanol–water partition coefficient (Wildman–Crippen LogP) is 1.13. The molecule has 1 aromatic carbocycles. The van der Waals surface area contributed by atoms with Crippen LogP contribution in [-0.4, -0.2) is 23.0 Å². The highest BCUT2D eigenvalue weighted by Gasteiger charge is 2.10. The first-order valence-electron chi connectivity index (χ1n) is 5.84. The average Bonchev–Trinajstić information content (AvgIpc) is 2.36. The van der Waals surface area contributed by atoms with Crippen LogP contribution in [0.1, 0.15) is 35.7 Å². The Kier molecular flexibility index (Phi) is 5.32. The van der Waals surface area contributed by atoms with Crippen LogP contribution in [0.3, 0.4) is 0 Å². The molecule has 0 saturated carbocycles. The summed E-state index contributed by atoms with van der Waals surface area (Å²) in [7, 11) is 0. The van der Waals surface area contributed by atoms with E-state index in [1.807, 2.05) is 0 Å². The van der Waals surface area contributed by atoms with Crippen molar-refractivity contribution < 1.29 is 14.7 Å². The molecule has 0 heterocycles. The molecule has 0 aliphatic carbocycles. The molecule has 0 aromatic heterocycles. The summed E-state index contributed by atoms with van der Waals surface area (Å²) in [5.74, 6) is -1.06. The fraction of sp³-hybridized carbons (Fsp3) is 0.385. The molecule has 4 N–H and O–H groups in total. The van der Waals surface area contributed by atoms with Crippen LogP contribution in [0.15, 0.2) is 24.3 Å².